The van der Waals surface area contributed by atoms with Crippen molar-refractivity contribution < 1.29 is 9.59 Å². The number of thiophene rings is 1. The average Bonchev–Trinajstić information content (AvgIpc) is 2.91. The van der Waals surface area contributed by atoms with Gasteiger partial charge in [0.2, 0.25) is 5.91 Å². The van der Waals surface area contributed by atoms with Crippen LogP contribution in [0.1, 0.15) is 27.7 Å². The predicted octanol–water partition coefficient (Wildman–Crippen LogP) is 3.49. The van der Waals surface area contributed by atoms with Crippen molar-refractivity contribution >= 4 is 34.8 Å². The third-order valence-electron chi connectivity index (χ3n) is 3.40. The van der Waals surface area contributed by atoms with E-state index in [0.29, 0.717) is 16.4 Å². The zero-order chi connectivity index (χ0) is 17.0. The second kappa shape index (κ2) is 7.62. The van der Waals surface area contributed by atoms with E-state index in [1.165, 1.54) is 11.3 Å². The molecule has 0 saturated carbocycles. The Bertz CT molecular complexity index is 714. The summed E-state index contributed by atoms with van der Waals surface area (Å²) in [4.78, 5) is 27.2. The molecule has 0 saturated heterocycles. The first kappa shape index (κ1) is 17.5. The number of rotatable bonds is 5. The van der Waals surface area contributed by atoms with Gasteiger partial charge in [-0.05, 0) is 38.1 Å². The Kier molecular flexibility index (Phi) is 5.80. The number of likely N-dealkylation sites (N-methyl/N-ethyl adjacent to an activating group) is 1. The maximum atomic E-state index is 12.4. The summed E-state index contributed by atoms with van der Waals surface area (Å²) in [6.45, 7) is 4.08. The third-order valence-corrected chi connectivity index (χ3v) is 4.61. The smallest absolute Gasteiger partial charge is 0.251 e. The molecular weight excluding hydrogens is 332 g/mol. The number of carbonyl (C=O) groups excluding carboxylic acids is 2. The van der Waals surface area contributed by atoms with E-state index >= 15 is 0 Å². The molecule has 1 atom stereocenters. The normalized spacial score (nSPS) is 11.8. The lowest BCUT2D eigenvalue weighted by molar-refractivity contribution is -0.132. The first-order valence-corrected chi connectivity index (χ1v) is 8.43. The molecule has 6 heteroatoms. The molecule has 1 aromatic heterocycles. The van der Waals surface area contributed by atoms with Gasteiger partial charge in [0.25, 0.3) is 5.91 Å². The van der Waals surface area contributed by atoms with Crippen LogP contribution in [0.2, 0.25) is 4.34 Å². The fourth-order valence-electron chi connectivity index (χ4n) is 2.21. The van der Waals surface area contributed by atoms with Gasteiger partial charge in [-0.15, -0.1) is 11.3 Å². The van der Waals surface area contributed by atoms with Crippen molar-refractivity contribution in [3.05, 3.63) is 56.7 Å². The number of amides is 2. The van der Waals surface area contributed by atoms with E-state index < -0.39 is 6.04 Å². The van der Waals surface area contributed by atoms with Gasteiger partial charge in [0, 0.05) is 17.5 Å². The van der Waals surface area contributed by atoms with Crippen LogP contribution in [0.15, 0.2) is 36.4 Å². The van der Waals surface area contributed by atoms with Crippen LogP contribution >= 0.6 is 22.9 Å². The van der Waals surface area contributed by atoms with Gasteiger partial charge in [0.15, 0.2) is 0 Å². The first-order valence-electron chi connectivity index (χ1n) is 7.23. The topological polar surface area (TPSA) is 49.4 Å². The molecule has 0 aliphatic rings. The molecule has 122 valence electrons. The maximum Gasteiger partial charge on any atom is 0.251 e. The Balaban J connectivity index is 1.95. The van der Waals surface area contributed by atoms with Gasteiger partial charge in [-0.25, -0.2) is 0 Å². The molecule has 0 radical (unpaired) electrons. The average molecular weight is 351 g/mol. The molecule has 23 heavy (non-hydrogen) atoms. The molecule has 1 aromatic carbocycles. The Hall–Kier alpha value is -1.85. The van der Waals surface area contributed by atoms with Gasteiger partial charge in [0.1, 0.15) is 6.04 Å². The van der Waals surface area contributed by atoms with Gasteiger partial charge in [-0.1, -0.05) is 29.3 Å². The summed E-state index contributed by atoms with van der Waals surface area (Å²) < 4.78 is 0.696. The summed E-state index contributed by atoms with van der Waals surface area (Å²) in [5, 5.41) is 2.74. The molecule has 0 aliphatic heterocycles. The van der Waals surface area contributed by atoms with Gasteiger partial charge in [0.05, 0.1) is 10.9 Å². The van der Waals surface area contributed by atoms with Crippen molar-refractivity contribution in [1.82, 2.24) is 10.2 Å². The van der Waals surface area contributed by atoms with Crippen molar-refractivity contribution in [1.29, 1.82) is 0 Å². The SMILES string of the molecule is Cc1cccc(C(=O)N[C@@H](C)C(=O)N(C)Cc2ccc(Cl)s2)c1. The van der Waals surface area contributed by atoms with Gasteiger partial charge < -0.3 is 10.2 Å². The second-order valence-corrected chi connectivity index (χ2v) is 7.26. The molecule has 0 unspecified atom stereocenters. The maximum absolute atomic E-state index is 12.4. The molecule has 1 N–H and O–H groups in total. The number of nitrogens with zero attached hydrogens (tertiary/aromatic N) is 1. The van der Waals surface area contributed by atoms with Crippen LogP contribution in [0.25, 0.3) is 0 Å². The highest BCUT2D eigenvalue weighted by molar-refractivity contribution is 7.16. The molecule has 0 bridgehead atoms. The molecule has 0 aliphatic carbocycles. The summed E-state index contributed by atoms with van der Waals surface area (Å²) >= 11 is 7.34. The Morgan fingerprint density at radius 1 is 1.30 bits per heavy atom. The van der Waals surface area contributed by atoms with Gasteiger partial charge in [-0.2, -0.15) is 0 Å². The molecule has 2 aromatic rings. The number of benzene rings is 1. The van der Waals surface area contributed by atoms with Crippen LogP contribution < -0.4 is 5.32 Å². The Morgan fingerprint density at radius 3 is 2.65 bits per heavy atom. The summed E-state index contributed by atoms with van der Waals surface area (Å²) in [5.74, 6) is -0.391. The van der Waals surface area contributed by atoms with E-state index in [2.05, 4.69) is 5.32 Å². The van der Waals surface area contributed by atoms with Gasteiger partial charge in [-0.3, -0.25) is 9.59 Å². The standard InChI is InChI=1S/C17H19ClN2O2S/c1-11-5-4-6-13(9-11)16(21)19-12(2)17(22)20(3)10-14-7-8-15(18)23-14/h4-9,12H,10H2,1-3H3,(H,19,21)/t12-/m0/s1. The van der Waals surface area contributed by atoms with Crippen molar-refractivity contribution in [2.45, 2.75) is 26.4 Å². The van der Waals surface area contributed by atoms with Crippen molar-refractivity contribution in [2.24, 2.45) is 0 Å². The third kappa shape index (κ3) is 4.81. The number of halogens is 1. The van der Waals surface area contributed by atoms with Crippen LogP contribution in [-0.2, 0) is 11.3 Å². The highest BCUT2D eigenvalue weighted by atomic mass is 35.5. The van der Waals surface area contributed by atoms with Crippen molar-refractivity contribution in [3.63, 3.8) is 0 Å². The Labute approximate surface area is 145 Å². The van der Waals surface area contributed by atoms with E-state index in [-0.39, 0.29) is 11.8 Å². The molecule has 2 amide bonds. The van der Waals surface area contributed by atoms with Crippen LogP contribution in [0.5, 0.6) is 0 Å². The summed E-state index contributed by atoms with van der Waals surface area (Å²) in [7, 11) is 1.71. The predicted molar refractivity (Wildman–Crippen MR) is 93.9 cm³/mol. The van der Waals surface area contributed by atoms with E-state index in [1.807, 2.05) is 31.2 Å². The monoisotopic (exact) mass is 350 g/mol. The first-order chi connectivity index (χ1) is 10.9. The molecule has 4 nitrogen and oxygen atoms in total. The minimum atomic E-state index is -0.594. The quantitative estimate of drug-likeness (QED) is 0.897. The molecule has 0 fully saturated rings. The van der Waals surface area contributed by atoms with E-state index in [1.54, 1.807) is 31.0 Å². The lowest BCUT2D eigenvalue weighted by Crippen LogP contribution is -2.45. The van der Waals surface area contributed by atoms with E-state index in [9.17, 15) is 9.59 Å². The van der Waals surface area contributed by atoms with Crippen LogP contribution in [0.4, 0.5) is 0 Å². The molecule has 0 spiro atoms. The van der Waals surface area contributed by atoms with Crippen LogP contribution in [-0.4, -0.2) is 29.8 Å². The molecule has 2 rings (SSSR count). The number of hydrogen-bond acceptors (Lipinski definition) is 3. The van der Waals surface area contributed by atoms with E-state index in [4.69, 9.17) is 11.6 Å². The number of nitrogens with one attached hydrogen (secondary N) is 1. The zero-order valence-electron chi connectivity index (χ0n) is 13.3. The molecule has 1 heterocycles. The van der Waals surface area contributed by atoms with Gasteiger partial charge >= 0.3 is 0 Å². The second-order valence-electron chi connectivity index (χ2n) is 5.46. The number of aryl methyl sites for hydroxylation is 1. The largest absolute Gasteiger partial charge is 0.341 e. The lowest BCUT2D eigenvalue weighted by atomic mass is 10.1. The van der Waals surface area contributed by atoms with Crippen molar-refractivity contribution in [2.75, 3.05) is 7.05 Å². The fraction of sp³-hybridized carbons (Fsp3) is 0.294. The minimum absolute atomic E-state index is 0.143. The van der Waals surface area contributed by atoms with Crippen molar-refractivity contribution in [3.8, 4) is 0 Å². The van der Waals surface area contributed by atoms with E-state index in [0.717, 1.165) is 10.4 Å². The Morgan fingerprint density at radius 2 is 2.04 bits per heavy atom. The van der Waals surface area contributed by atoms with Crippen LogP contribution in [0, 0.1) is 6.92 Å². The summed E-state index contributed by atoms with van der Waals surface area (Å²) in [6.07, 6.45) is 0. The number of carbonyl (C=O) groups is 2. The zero-order valence-corrected chi connectivity index (χ0v) is 14.9. The summed E-state index contributed by atoms with van der Waals surface area (Å²) in [6, 6.07) is 10.4. The number of hydrogen-bond donors (Lipinski definition) is 1. The molecular formula is C17H19ClN2O2S. The highest BCUT2D eigenvalue weighted by Gasteiger charge is 2.20. The highest BCUT2D eigenvalue weighted by Crippen LogP contribution is 2.22. The van der Waals surface area contributed by atoms with Crippen LogP contribution in [0.3, 0.4) is 0 Å². The fourth-order valence-corrected chi connectivity index (χ4v) is 3.35. The minimum Gasteiger partial charge on any atom is -0.341 e. The summed E-state index contributed by atoms with van der Waals surface area (Å²) in [5.41, 5.74) is 1.56. The lowest BCUT2D eigenvalue weighted by Gasteiger charge is -2.21.